The molecule has 1 N–H and O–H groups in total. The molecule has 7 nitrogen and oxygen atoms in total. The van der Waals surface area contributed by atoms with E-state index in [1.54, 1.807) is 37.4 Å². The average Bonchev–Trinajstić information content (AvgIpc) is 3.09. The second-order valence-corrected chi connectivity index (χ2v) is 5.52. The van der Waals surface area contributed by atoms with Crippen LogP contribution in [-0.4, -0.2) is 33.2 Å². The van der Waals surface area contributed by atoms with Crippen molar-refractivity contribution in [1.29, 1.82) is 0 Å². The molecule has 1 amide bonds. The standard InChI is InChI=1S/C15H12BrN5O2/c1-23-14-7-6-12(8-13(14)21-9-17-19-20-21)18-15(22)10-2-4-11(16)5-3-10/h2-9H,1H3,(H,18,22). The van der Waals surface area contributed by atoms with Crippen LogP contribution in [-0.2, 0) is 0 Å². The van der Waals surface area contributed by atoms with Crippen LogP contribution < -0.4 is 10.1 Å². The molecule has 0 spiro atoms. The Morgan fingerprint density at radius 3 is 2.65 bits per heavy atom. The van der Waals surface area contributed by atoms with Crippen molar-refractivity contribution in [2.45, 2.75) is 0 Å². The number of rotatable bonds is 4. The zero-order chi connectivity index (χ0) is 16.2. The molecule has 0 aliphatic heterocycles. The molecule has 116 valence electrons. The van der Waals surface area contributed by atoms with Crippen molar-refractivity contribution in [2.75, 3.05) is 12.4 Å². The number of carbonyl (C=O) groups is 1. The summed E-state index contributed by atoms with van der Waals surface area (Å²) in [6.45, 7) is 0. The van der Waals surface area contributed by atoms with Crippen LogP contribution in [0.25, 0.3) is 5.69 Å². The topological polar surface area (TPSA) is 81.9 Å². The van der Waals surface area contributed by atoms with E-state index in [4.69, 9.17) is 4.74 Å². The second-order valence-electron chi connectivity index (χ2n) is 4.60. The summed E-state index contributed by atoms with van der Waals surface area (Å²) in [6, 6.07) is 12.4. The van der Waals surface area contributed by atoms with Crippen molar-refractivity contribution in [2.24, 2.45) is 0 Å². The van der Waals surface area contributed by atoms with Gasteiger partial charge in [-0.1, -0.05) is 15.9 Å². The highest BCUT2D eigenvalue weighted by Gasteiger charge is 2.11. The molecule has 0 fully saturated rings. The number of anilines is 1. The monoisotopic (exact) mass is 373 g/mol. The Labute approximate surface area is 140 Å². The summed E-state index contributed by atoms with van der Waals surface area (Å²) in [5, 5.41) is 13.9. The summed E-state index contributed by atoms with van der Waals surface area (Å²) < 4.78 is 7.68. The van der Waals surface area contributed by atoms with Gasteiger partial charge in [-0.05, 0) is 52.9 Å². The van der Waals surface area contributed by atoms with E-state index in [2.05, 4.69) is 36.8 Å². The lowest BCUT2D eigenvalue weighted by atomic mass is 10.2. The number of hydrogen-bond acceptors (Lipinski definition) is 5. The first-order valence-electron chi connectivity index (χ1n) is 6.65. The van der Waals surface area contributed by atoms with E-state index in [1.165, 1.54) is 11.0 Å². The van der Waals surface area contributed by atoms with Crippen molar-refractivity contribution < 1.29 is 9.53 Å². The molecule has 0 bridgehead atoms. The minimum Gasteiger partial charge on any atom is -0.494 e. The summed E-state index contributed by atoms with van der Waals surface area (Å²) in [7, 11) is 1.56. The maximum absolute atomic E-state index is 12.3. The molecule has 1 heterocycles. The maximum Gasteiger partial charge on any atom is 0.255 e. The number of hydrogen-bond donors (Lipinski definition) is 1. The summed E-state index contributed by atoms with van der Waals surface area (Å²) in [6.07, 6.45) is 1.46. The van der Waals surface area contributed by atoms with Crippen molar-refractivity contribution in [3.63, 3.8) is 0 Å². The lowest BCUT2D eigenvalue weighted by Crippen LogP contribution is -2.12. The molecular formula is C15H12BrN5O2. The molecule has 2 aromatic carbocycles. The SMILES string of the molecule is COc1ccc(NC(=O)c2ccc(Br)cc2)cc1-n1cnnn1. The van der Waals surface area contributed by atoms with Gasteiger partial charge in [-0.25, -0.2) is 0 Å². The molecule has 0 aliphatic rings. The third-order valence-corrected chi connectivity index (χ3v) is 3.67. The van der Waals surface area contributed by atoms with Crippen LogP contribution in [0.2, 0.25) is 0 Å². The van der Waals surface area contributed by atoms with Crippen LogP contribution in [0.1, 0.15) is 10.4 Å². The molecule has 0 aliphatic carbocycles. The van der Waals surface area contributed by atoms with Gasteiger partial charge in [0.05, 0.1) is 7.11 Å². The number of carbonyl (C=O) groups excluding carboxylic acids is 1. The van der Waals surface area contributed by atoms with Gasteiger partial charge in [0.2, 0.25) is 0 Å². The minimum atomic E-state index is -0.203. The van der Waals surface area contributed by atoms with E-state index in [0.717, 1.165) is 4.47 Å². The van der Waals surface area contributed by atoms with Crippen LogP contribution >= 0.6 is 15.9 Å². The molecule has 0 saturated heterocycles. The summed E-state index contributed by atoms with van der Waals surface area (Å²) in [5.41, 5.74) is 1.81. The molecule has 3 rings (SSSR count). The molecule has 23 heavy (non-hydrogen) atoms. The Kier molecular flexibility index (Phi) is 4.33. The van der Waals surface area contributed by atoms with Crippen LogP contribution in [0.3, 0.4) is 0 Å². The van der Waals surface area contributed by atoms with Gasteiger partial charge in [-0.15, -0.1) is 5.10 Å². The lowest BCUT2D eigenvalue weighted by Gasteiger charge is -2.11. The van der Waals surface area contributed by atoms with E-state index < -0.39 is 0 Å². The average molecular weight is 374 g/mol. The Morgan fingerprint density at radius 2 is 2.00 bits per heavy atom. The van der Waals surface area contributed by atoms with Crippen molar-refractivity contribution in [3.8, 4) is 11.4 Å². The second kappa shape index (κ2) is 6.57. The number of halogens is 1. The molecule has 0 saturated carbocycles. The minimum absolute atomic E-state index is 0.203. The Hall–Kier alpha value is -2.74. The lowest BCUT2D eigenvalue weighted by molar-refractivity contribution is 0.102. The van der Waals surface area contributed by atoms with Crippen LogP contribution in [0, 0.1) is 0 Å². The van der Waals surface area contributed by atoms with Crippen molar-refractivity contribution in [3.05, 3.63) is 58.8 Å². The van der Waals surface area contributed by atoms with E-state index in [-0.39, 0.29) is 5.91 Å². The zero-order valence-corrected chi connectivity index (χ0v) is 13.7. The summed E-state index contributed by atoms with van der Waals surface area (Å²) >= 11 is 3.34. The number of tetrazole rings is 1. The first-order chi connectivity index (χ1) is 11.2. The summed E-state index contributed by atoms with van der Waals surface area (Å²) in [4.78, 5) is 12.3. The van der Waals surface area contributed by atoms with Gasteiger partial charge in [-0.2, -0.15) is 4.68 Å². The van der Waals surface area contributed by atoms with E-state index in [1.807, 2.05) is 12.1 Å². The first kappa shape index (κ1) is 15.2. The van der Waals surface area contributed by atoms with Gasteiger partial charge < -0.3 is 10.1 Å². The van der Waals surface area contributed by atoms with Gasteiger partial charge in [0.1, 0.15) is 17.8 Å². The Morgan fingerprint density at radius 1 is 1.22 bits per heavy atom. The van der Waals surface area contributed by atoms with Crippen LogP contribution in [0.15, 0.2) is 53.3 Å². The number of aromatic nitrogens is 4. The molecular weight excluding hydrogens is 362 g/mol. The number of benzene rings is 2. The fourth-order valence-electron chi connectivity index (χ4n) is 2.02. The molecule has 1 aromatic heterocycles. The molecule has 0 unspecified atom stereocenters. The number of ether oxygens (including phenoxy) is 1. The Bertz CT molecular complexity index is 818. The molecule has 3 aromatic rings. The molecule has 8 heteroatoms. The fourth-order valence-corrected chi connectivity index (χ4v) is 2.29. The third kappa shape index (κ3) is 3.37. The highest BCUT2D eigenvalue weighted by atomic mass is 79.9. The summed E-state index contributed by atoms with van der Waals surface area (Å²) in [5.74, 6) is 0.393. The zero-order valence-electron chi connectivity index (χ0n) is 12.1. The van der Waals surface area contributed by atoms with Gasteiger partial charge in [0.15, 0.2) is 0 Å². The first-order valence-corrected chi connectivity index (χ1v) is 7.45. The fraction of sp³-hybridized carbons (Fsp3) is 0.0667. The van der Waals surface area contributed by atoms with Gasteiger partial charge in [-0.3, -0.25) is 4.79 Å². The van der Waals surface area contributed by atoms with Gasteiger partial charge in [0.25, 0.3) is 5.91 Å². The Balaban J connectivity index is 1.87. The third-order valence-electron chi connectivity index (χ3n) is 3.14. The predicted octanol–water partition coefficient (Wildman–Crippen LogP) is 2.69. The van der Waals surface area contributed by atoms with Gasteiger partial charge in [0, 0.05) is 15.7 Å². The van der Waals surface area contributed by atoms with E-state index >= 15 is 0 Å². The number of nitrogens with one attached hydrogen (secondary N) is 1. The van der Waals surface area contributed by atoms with E-state index in [0.29, 0.717) is 22.7 Å². The normalized spacial score (nSPS) is 10.3. The number of methoxy groups -OCH3 is 1. The van der Waals surface area contributed by atoms with Crippen molar-refractivity contribution in [1.82, 2.24) is 20.2 Å². The highest BCUT2D eigenvalue weighted by Crippen LogP contribution is 2.25. The smallest absolute Gasteiger partial charge is 0.255 e. The van der Waals surface area contributed by atoms with Crippen LogP contribution in [0.5, 0.6) is 5.75 Å². The number of nitrogens with zero attached hydrogens (tertiary/aromatic N) is 4. The van der Waals surface area contributed by atoms with E-state index in [9.17, 15) is 4.79 Å². The van der Waals surface area contributed by atoms with Gasteiger partial charge >= 0.3 is 0 Å². The predicted molar refractivity (Wildman–Crippen MR) is 87.8 cm³/mol. The molecule has 0 radical (unpaired) electrons. The largest absolute Gasteiger partial charge is 0.494 e. The van der Waals surface area contributed by atoms with Crippen LogP contribution in [0.4, 0.5) is 5.69 Å². The van der Waals surface area contributed by atoms with Crippen molar-refractivity contribution >= 4 is 27.5 Å². The maximum atomic E-state index is 12.3. The number of amides is 1. The quantitative estimate of drug-likeness (QED) is 0.760. The molecule has 0 atom stereocenters. The highest BCUT2D eigenvalue weighted by molar-refractivity contribution is 9.10.